The summed E-state index contributed by atoms with van der Waals surface area (Å²) in [6.07, 6.45) is 15.9. The van der Waals surface area contributed by atoms with E-state index >= 15 is 0 Å². The van der Waals surface area contributed by atoms with Crippen molar-refractivity contribution in [2.75, 3.05) is 45.5 Å². The van der Waals surface area contributed by atoms with Crippen LogP contribution in [0.5, 0.6) is 0 Å². The molecule has 0 spiro atoms. The van der Waals surface area contributed by atoms with Crippen molar-refractivity contribution >= 4 is 39.2 Å². The Balaban J connectivity index is 0.000000712. The molecule has 0 aromatic heterocycles. The van der Waals surface area contributed by atoms with Crippen molar-refractivity contribution in [3.63, 3.8) is 0 Å². The maximum Gasteiger partial charge on any atom is 0.227 e. The minimum absolute atomic E-state index is 0.0683. The van der Waals surface area contributed by atoms with E-state index in [1.54, 1.807) is 0 Å². The lowest BCUT2D eigenvalue weighted by Crippen LogP contribution is -2.64. The van der Waals surface area contributed by atoms with Crippen LogP contribution in [-0.4, -0.2) is 73.8 Å². The molecule has 6 nitrogen and oxygen atoms in total. The second-order valence-corrected chi connectivity index (χ2v) is 16.4. The van der Waals surface area contributed by atoms with Gasteiger partial charge in [0.05, 0.1) is 52.8 Å². The van der Waals surface area contributed by atoms with Crippen molar-refractivity contribution in [2.45, 2.75) is 82.5 Å². The summed E-state index contributed by atoms with van der Waals surface area (Å²) < 4.78 is 28.5. The van der Waals surface area contributed by atoms with Gasteiger partial charge in [-0.1, -0.05) is 78.9 Å². The highest BCUT2D eigenvalue weighted by atomic mass is 35.5. The quantitative estimate of drug-likeness (QED) is 0.232. The minimum atomic E-state index is -3.92. The average Bonchev–Trinajstić information content (AvgIpc) is 3.03. The topological polar surface area (TPSA) is 77.5 Å². The Bertz CT molecular complexity index is 1360. The standard InChI is InChI=1S/C34H45Cl2N2O.CH4O3S/c35-30-13-12-29(25-31(30)36)34(14-7-19-37(26-34)32(39)24-27-8-3-1-4-9-27)18-23-38-20-15-33(16-21-38,17-22-38)28-10-5-2-6-11-28;1-5(2,3)4/h1,3-4,8-9,12-13,25,28H,2,5-7,10-11,14-24,26H2;1H3,(H,2,3,4)/q+1;/p-1/t33?,34-,38?;/m1./s1. The van der Waals surface area contributed by atoms with Crippen LogP contribution in [0.25, 0.3) is 0 Å². The molecule has 0 radical (unpaired) electrons. The number of likely N-dealkylation sites (tertiary alicyclic amines) is 1. The Hall–Kier alpha value is -1.64. The van der Waals surface area contributed by atoms with Crippen molar-refractivity contribution < 1.29 is 22.2 Å². The third-order valence-corrected chi connectivity index (χ3v) is 12.2. The lowest BCUT2D eigenvalue weighted by atomic mass is 9.59. The van der Waals surface area contributed by atoms with Gasteiger partial charge >= 0.3 is 0 Å². The number of nitrogens with zero attached hydrogens (tertiary/aromatic N) is 2. The zero-order valence-electron chi connectivity index (χ0n) is 26.1. The van der Waals surface area contributed by atoms with Gasteiger partial charge in [0.15, 0.2) is 0 Å². The van der Waals surface area contributed by atoms with Crippen molar-refractivity contribution in [2.24, 2.45) is 11.3 Å². The number of rotatable bonds is 7. The first-order valence-corrected chi connectivity index (χ1v) is 19.0. The van der Waals surface area contributed by atoms with Crippen LogP contribution in [-0.2, 0) is 26.7 Å². The summed E-state index contributed by atoms with van der Waals surface area (Å²) in [4.78, 5) is 15.6. The molecular formula is C35H48Cl2N2O4S. The van der Waals surface area contributed by atoms with Crippen molar-refractivity contribution in [3.05, 3.63) is 69.7 Å². The molecule has 2 aromatic rings. The molecule has 1 atom stereocenters. The van der Waals surface area contributed by atoms with Gasteiger partial charge in [0, 0.05) is 50.4 Å². The Kier molecular flexibility index (Phi) is 10.7. The zero-order chi connectivity index (χ0) is 31.4. The smallest absolute Gasteiger partial charge is 0.227 e. The second-order valence-electron chi connectivity index (χ2n) is 14.1. The number of amides is 1. The predicted molar refractivity (Wildman–Crippen MR) is 177 cm³/mol. The largest absolute Gasteiger partial charge is 0.748 e. The molecule has 9 heteroatoms. The lowest BCUT2D eigenvalue weighted by molar-refractivity contribution is -0.946. The molecule has 1 amide bonds. The first-order valence-electron chi connectivity index (χ1n) is 16.4. The van der Waals surface area contributed by atoms with Gasteiger partial charge in [-0.05, 0) is 60.3 Å². The maximum atomic E-state index is 13.5. The predicted octanol–water partition coefficient (Wildman–Crippen LogP) is 7.23. The van der Waals surface area contributed by atoms with E-state index in [2.05, 4.69) is 29.2 Å². The van der Waals surface area contributed by atoms with Crippen LogP contribution in [0.2, 0.25) is 10.0 Å². The highest BCUT2D eigenvalue weighted by molar-refractivity contribution is 7.84. The number of benzene rings is 2. The number of hydrogen-bond acceptors (Lipinski definition) is 4. The summed E-state index contributed by atoms with van der Waals surface area (Å²) in [5.41, 5.74) is 2.93. The fourth-order valence-electron chi connectivity index (χ4n) is 8.84. The molecule has 1 saturated carbocycles. The number of halogens is 2. The molecule has 242 valence electrons. The molecule has 0 N–H and O–H groups in total. The van der Waals surface area contributed by atoms with Crippen LogP contribution >= 0.6 is 23.2 Å². The van der Waals surface area contributed by atoms with Gasteiger partial charge in [0.1, 0.15) is 0 Å². The van der Waals surface area contributed by atoms with Crippen molar-refractivity contribution in [3.8, 4) is 0 Å². The second kappa shape index (κ2) is 14.0. The number of hydrogen-bond donors (Lipinski definition) is 0. The fraction of sp³-hybridized carbons (Fsp3) is 0.629. The van der Waals surface area contributed by atoms with Crippen molar-refractivity contribution in [1.82, 2.24) is 4.90 Å². The molecule has 0 unspecified atom stereocenters. The number of carbonyl (C=O) groups is 1. The average molecular weight is 664 g/mol. The number of fused-ring (bicyclic) bond motifs is 3. The summed E-state index contributed by atoms with van der Waals surface area (Å²) in [6, 6.07) is 16.4. The molecule has 44 heavy (non-hydrogen) atoms. The van der Waals surface area contributed by atoms with E-state index in [1.165, 1.54) is 87.6 Å². The first kappa shape index (κ1) is 33.7. The molecule has 5 fully saturated rings. The van der Waals surface area contributed by atoms with Crippen molar-refractivity contribution in [1.29, 1.82) is 0 Å². The summed E-state index contributed by atoms with van der Waals surface area (Å²) in [7, 11) is -3.92. The maximum absolute atomic E-state index is 13.5. The molecule has 4 heterocycles. The third-order valence-electron chi connectivity index (χ3n) is 11.4. The molecule has 1 aliphatic carbocycles. The summed E-state index contributed by atoms with van der Waals surface area (Å²) >= 11 is 12.9. The summed E-state index contributed by atoms with van der Waals surface area (Å²) in [5, 5.41) is 1.23. The van der Waals surface area contributed by atoms with E-state index in [9.17, 15) is 4.79 Å². The SMILES string of the molecule is CS(=O)(=O)[O-].O=C(Cc1ccccc1)N1CCC[C@](CC[N+]23CCC(C4CCCCC4)(CC2)CC3)(c2ccc(Cl)c(Cl)c2)C1. The highest BCUT2D eigenvalue weighted by Crippen LogP contribution is 2.53. The Labute approximate surface area is 274 Å². The monoisotopic (exact) mass is 662 g/mol. The Morgan fingerprint density at radius 3 is 2.18 bits per heavy atom. The van der Waals surface area contributed by atoms with Gasteiger partial charge < -0.3 is 13.9 Å². The van der Waals surface area contributed by atoms with E-state index in [0.717, 1.165) is 43.8 Å². The van der Waals surface area contributed by atoms with Gasteiger partial charge in [-0.25, -0.2) is 8.42 Å². The van der Waals surface area contributed by atoms with Crippen LogP contribution in [0, 0.1) is 11.3 Å². The van der Waals surface area contributed by atoms with Gasteiger partial charge in [0.2, 0.25) is 5.91 Å². The number of piperidine rings is 4. The lowest BCUT2D eigenvalue weighted by Gasteiger charge is -2.58. The van der Waals surface area contributed by atoms with Gasteiger partial charge in [-0.3, -0.25) is 4.79 Å². The molecule has 5 aliphatic rings. The zero-order valence-corrected chi connectivity index (χ0v) is 28.4. The molecule has 4 saturated heterocycles. The molecule has 2 aromatic carbocycles. The van der Waals surface area contributed by atoms with Crippen LogP contribution in [0.4, 0.5) is 0 Å². The number of quaternary nitrogens is 1. The van der Waals surface area contributed by atoms with E-state index in [1.807, 2.05) is 24.3 Å². The molecule has 2 bridgehead atoms. The number of carbonyl (C=O) groups excluding carboxylic acids is 1. The molecular weight excluding hydrogens is 615 g/mol. The Morgan fingerprint density at radius 2 is 1.57 bits per heavy atom. The van der Waals surface area contributed by atoms with E-state index in [4.69, 9.17) is 36.2 Å². The minimum Gasteiger partial charge on any atom is -0.748 e. The van der Waals surface area contributed by atoms with E-state index in [-0.39, 0.29) is 11.3 Å². The van der Waals surface area contributed by atoms with Crippen LogP contribution in [0.3, 0.4) is 0 Å². The highest BCUT2D eigenvalue weighted by Gasteiger charge is 2.53. The van der Waals surface area contributed by atoms with E-state index in [0.29, 0.717) is 28.1 Å². The van der Waals surface area contributed by atoms with Crippen LogP contribution in [0.15, 0.2) is 48.5 Å². The molecule has 4 aliphatic heterocycles. The van der Waals surface area contributed by atoms with Gasteiger partial charge in [-0.2, -0.15) is 0 Å². The van der Waals surface area contributed by atoms with Crippen LogP contribution < -0.4 is 0 Å². The van der Waals surface area contributed by atoms with Gasteiger partial charge in [-0.15, -0.1) is 0 Å². The Morgan fingerprint density at radius 1 is 0.932 bits per heavy atom. The summed E-state index contributed by atoms with van der Waals surface area (Å²) in [6.45, 7) is 6.89. The third kappa shape index (κ3) is 8.19. The first-order chi connectivity index (χ1) is 20.9. The van der Waals surface area contributed by atoms with Gasteiger partial charge in [0.25, 0.3) is 0 Å². The summed E-state index contributed by atoms with van der Waals surface area (Å²) in [5.74, 6) is 1.23. The van der Waals surface area contributed by atoms with Crippen LogP contribution in [0.1, 0.15) is 81.8 Å². The fourth-order valence-corrected chi connectivity index (χ4v) is 9.14. The normalized spacial score (nSPS) is 29.1. The van der Waals surface area contributed by atoms with E-state index < -0.39 is 10.1 Å². The molecule has 7 rings (SSSR count).